The van der Waals surface area contributed by atoms with E-state index in [1.165, 1.54) is 5.56 Å². The Bertz CT molecular complexity index is 552. The van der Waals surface area contributed by atoms with Gasteiger partial charge in [-0.1, -0.05) is 36.4 Å². The van der Waals surface area contributed by atoms with Crippen molar-refractivity contribution in [2.75, 3.05) is 0 Å². The molecule has 1 aromatic heterocycles. The average molecular weight is 266 g/mol. The zero-order valence-electron chi connectivity index (χ0n) is 11.3. The maximum atomic E-state index is 12.1. The van der Waals surface area contributed by atoms with Gasteiger partial charge < -0.3 is 5.32 Å². The molecule has 3 heteroatoms. The van der Waals surface area contributed by atoms with Gasteiger partial charge in [0, 0.05) is 18.4 Å². The number of pyridine rings is 1. The highest BCUT2D eigenvalue weighted by Crippen LogP contribution is 2.07. The van der Waals surface area contributed by atoms with Crippen LogP contribution in [0.5, 0.6) is 0 Å². The first-order valence-corrected chi connectivity index (χ1v) is 6.65. The molecule has 1 heterocycles. The van der Waals surface area contributed by atoms with Gasteiger partial charge in [0.25, 0.3) is 5.91 Å². The molecule has 2 rings (SSSR count). The third-order valence-electron chi connectivity index (χ3n) is 3.04. The topological polar surface area (TPSA) is 42.0 Å². The van der Waals surface area contributed by atoms with Crippen LogP contribution >= 0.6 is 0 Å². The largest absolute Gasteiger partial charge is 0.349 e. The van der Waals surface area contributed by atoms with E-state index in [9.17, 15) is 4.79 Å². The fourth-order valence-corrected chi connectivity index (χ4v) is 2.06. The molecule has 0 unspecified atom stereocenters. The first kappa shape index (κ1) is 14.0. The molecule has 1 amide bonds. The van der Waals surface area contributed by atoms with Gasteiger partial charge in [-0.3, -0.25) is 9.78 Å². The monoisotopic (exact) mass is 266 g/mol. The van der Waals surface area contributed by atoms with Crippen LogP contribution in [-0.4, -0.2) is 16.9 Å². The molecular formula is C17H18N2O. The number of carbonyl (C=O) groups is 1. The lowest BCUT2D eigenvalue weighted by Gasteiger charge is -2.17. The molecule has 0 saturated heterocycles. The first-order chi connectivity index (χ1) is 9.79. The molecule has 0 spiro atoms. The zero-order chi connectivity index (χ0) is 14.2. The lowest BCUT2D eigenvalue weighted by Crippen LogP contribution is -2.36. The van der Waals surface area contributed by atoms with E-state index in [0.717, 1.165) is 12.8 Å². The highest BCUT2D eigenvalue weighted by atomic mass is 16.1. The van der Waals surface area contributed by atoms with E-state index < -0.39 is 0 Å². The van der Waals surface area contributed by atoms with Crippen molar-refractivity contribution in [2.24, 2.45) is 0 Å². The van der Waals surface area contributed by atoms with Gasteiger partial charge in [-0.15, -0.1) is 6.58 Å². The Hall–Kier alpha value is -2.42. The average Bonchev–Trinajstić information content (AvgIpc) is 2.49. The smallest absolute Gasteiger partial charge is 0.253 e. The summed E-state index contributed by atoms with van der Waals surface area (Å²) in [6.07, 6.45) is 6.59. The van der Waals surface area contributed by atoms with Crippen LogP contribution < -0.4 is 5.32 Å². The Morgan fingerprint density at radius 3 is 2.70 bits per heavy atom. The van der Waals surface area contributed by atoms with Gasteiger partial charge in [0.05, 0.1) is 5.56 Å². The Morgan fingerprint density at radius 2 is 2.05 bits per heavy atom. The van der Waals surface area contributed by atoms with Crippen LogP contribution in [0.15, 0.2) is 67.5 Å². The van der Waals surface area contributed by atoms with Crippen LogP contribution in [0.3, 0.4) is 0 Å². The van der Waals surface area contributed by atoms with E-state index >= 15 is 0 Å². The molecule has 0 aliphatic carbocycles. The second-order valence-corrected chi connectivity index (χ2v) is 4.63. The second-order valence-electron chi connectivity index (χ2n) is 4.63. The summed E-state index contributed by atoms with van der Waals surface area (Å²) in [6.45, 7) is 3.76. The molecule has 0 bridgehead atoms. The SMILES string of the molecule is C=CC[C@@H](Cc1ccccc1)NC(=O)c1cccnc1. The summed E-state index contributed by atoms with van der Waals surface area (Å²) in [4.78, 5) is 16.1. The summed E-state index contributed by atoms with van der Waals surface area (Å²) in [5.41, 5.74) is 1.78. The molecule has 20 heavy (non-hydrogen) atoms. The third kappa shape index (κ3) is 4.05. The Kier molecular flexibility index (Phi) is 5.07. The van der Waals surface area contributed by atoms with E-state index in [0.29, 0.717) is 5.56 Å². The van der Waals surface area contributed by atoms with Crippen LogP contribution in [0.1, 0.15) is 22.3 Å². The van der Waals surface area contributed by atoms with E-state index in [1.807, 2.05) is 24.3 Å². The molecule has 0 aliphatic heterocycles. The molecular weight excluding hydrogens is 248 g/mol. The zero-order valence-corrected chi connectivity index (χ0v) is 11.3. The van der Waals surface area contributed by atoms with Crippen LogP contribution in [0.25, 0.3) is 0 Å². The molecule has 1 atom stereocenters. The van der Waals surface area contributed by atoms with Crippen molar-refractivity contribution in [3.05, 3.63) is 78.6 Å². The number of nitrogens with zero attached hydrogens (tertiary/aromatic N) is 1. The summed E-state index contributed by atoms with van der Waals surface area (Å²) >= 11 is 0. The van der Waals surface area contributed by atoms with Crippen molar-refractivity contribution in [3.63, 3.8) is 0 Å². The standard InChI is InChI=1S/C17H18N2O/c1-2-7-16(12-14-8-4-3-5-9-14)19-17(20)15-10-6-11-18-13-15/h2-6,8-11,13,16H,1,7,12H2,(H,19,20)/t16-/m0/s1. The van der Waals surface area contributed by atoms with Gasteiger partial charge in [0.1, 0.15) is 0 Å². The van der Waals surface area contributed by atoms with Crippen molar-refractivity contribution in [1.82, 2.24) is 10.3 Å². The van der Waals surface area contributed by atoms with Crippen molar-refractivity contribution in [1.29, 1.82) is 0 Å². The number of benzene rings is 1. The molecule has 1 N–H and O–H groups in total. The number of hydrogen-bond donors (Lipinski definition) is 1. The lowest BCUT2D eigenvalue weighted by molar-refractivity contribution is 0.0937. The molecule has 0 aliphatic rings. The lowest BCUT2D eigenvalue weighted by atomic mass is 10.0. The minimum absolute atomic E-state index is 0.0441. The molecule has 102 valence electrons. The van der Waals surface area contributed by atoms with Gasteiger partial charge in [-0.05, 0) is 30.5 Å². The highest BCUT2D eigenvalue weighted by molar-refractivity contribution is 5.94. The normalized spacial score (nSPS) is 11.6. The minimum atomic E-state index is -0.0964. The third-order valence-corrected chi connectivity index (χ3v) is 3.04. The molecule has 0 radical (unpaired) electrons. The summed E-state index contributed by atoms with van der Waals surface area (Å²) in [6, 6.07) is 13.7. The van der Waals surface area contributed by atoms with Gasteiger partial charge in [0.15, 0.2) is 0 Å². The number of carbonyl (C=O) groups excluding carboxylic acids is 1. The Labute approximate surface area is 119 Å². The molecule has 0 fully saturated rings. The van der Waals surface area contributed by atoms with Crippen molar-refractivity contribution in [3.8, 4) is 0 Å². The summed E-state index contributed by atoms with van der Waals surface area (Å²) in [5.74, 6) is -0.0964. The number of aromatic nitrogens is 1. The molecule has 1 aromatic carbocycles. The number of nitrogens with one attached hydrogen (secondary N) is 1. The van der Waals surface area contributed by atoms with Crippen molar-refractivity contribution in [2.45, 2.75) is 18.9 Å². The molecule has 3 nitrogen and oxygen atoms in total. The maximum absolute atomic E-state index is 12.1. The number of amides is 1. The quantitative estimate of drug-likeness (QED) is 0.817. The van der Waals surface area contributed by atoms with E-state index in [1.54, 1.807) is 24.5 Å². The fourth-order valence-electron chi connectivity index (χ4n) is 2.06. The van der Waals surface area contributed by atoms with Crippen LogP contribution in [0.2, 0.25) is 0 Å². The highest BCUT2D eigenvalue weighted by Gasteiger charge is 2.13. The second kappa shape index (κ2) is 7.24. The predicted molar refractivity (Wildman–Crippen MR) is 80.5 cm³/mol. The van der Waals surface area contributed by atoms with Gasteiger partial charge in [-0.2, -0.15) is 0 Å². The Balaban J connectivity index is 2.02. The van der Waals surface area contributed by atoms with Crippen molar-refractivity contribution >= 4 is 5.91 Å². The van der Waals surface area contributed by atoms with Crippen LogP contribution in [0.4, 0.5) is 0 Å². The molecule has 2 aromatic rings. The van der Waals surface area contributed by atoms with E-state index in [-0.39, 0.29) is 11.9 Å². The Morgan fingerprint density at radius 1 is 1.25 bits per heavy atom. The summed E-state index contributed by atoms with van der Waals surface area (Å²) in [5, 5.41) is 3.03. The van der Waals surface area contributed by atoms with Gasteiger partial charge >= 0.3 is 0 Å². The first-order valence-electron chi connectivity index (χ1n) is 6.65. The van der Waals surface area contributed by atoms with Gasteiger partial charge in [-0.25, -0.2) is 0 Å². The summed E-state index contributed by atoms with van der Waals surface area (Å²) < 4.78 is 0. The predicted octanol–water partition coefficient (Wildman–Crippen LogP) is 3.00. The van der Waals surface area contributed by atoms with Crippen molar-refractivity contribution < 1.29 is 4.79 Å². The number of rotatable bonds is 6. The molecule has 0 saturated carbocycles. The summed E-state index contributed by atoms with van der Waals surface area (Å²) in [7, 11) is 0. The fraction of sp³-hybridized carbons (Fsp3) is 0.176. The van der Waals surface area contributed by atoms with Gasteiger partial charge in [0.2, 0.25) is 0 Å². The number of hydrogen-bond acceptors (Lipinski definition) is 2. The maximum Gasteiger partial charge on any atom is 0.253 e. The van der Waals surface area contributed by atoms with Crippen LogP contribution in [-0.2, 0) is 6.42 Å². The minimum Gasteiger partial charge on any atom is -0.349 e. The van der Waals surface area contributed by atoms with E-state index in [4.69, 9.17) is 0 Å². The van der Waals surface area contributed by atoms with Crippen LogP contribution in [0, 0.1) is 0 Å². The van der Waals surface area contributed by atoms with E-state index in [2.05, 4.69) is 29.0 Å².